The molecule has 2 aromatic rings. The number of halogens is 2. The van der Waals surface area contributed by atoms with Crippen LogP contribution in [-0.2, 0) is 6.42 Å². The van der Waals surface area contributed by atoms with Gasteiger partial charge in [0, 0.05) is 12.0 Å². The fraction of sp³-hybridized carbons (Fsp3) is 0.500. The standard InChI is InChI=1S/C16H19F2N3O3/c1-22-13-8-11(3-4-12(13)23-16(17)18)15-20-14(24-21-15)5-2-10-6-7-19-9-10/h3-4,8,10,16,19H,2,5-7,9H2,1H3. The molecular weight excluding hydrogens is 320 g/mol. The molecule has 1 fully saturated rings. The van der Waals surface area contributed by atoms with E-state index in [0.717, 1.165) is 25.9 Å². The Labute approximate surface area is 138 Å². The molecule has 1 unspecified atom stereocenters. The summed E-state index contributed by atoms with van der Waals surface area (Å²) >= 11 is 0. The van der Waals surface area contributed by atoms with Gasteiger partial charge in [-0.15, -0.1) is 0 Å². The summed E-state index contributed by atoms with van der Waals surface area (Å²) in [6.07, 6.45) is 2.89. The lowest BCUT2D eigenvalue weighted by molar-refractivity contribution is -0.0512. The first-order chi connectivity index (χ1) is 11.7. The molecule has 0 aliphatic carbocycles. The van der Waals surface area contributed by atoms with Crippen molar-refractivity contribution in [1.82, 2.24) is 15.5 Å². The van der Waals surface area contributed by atoms with Crippen molar-refractivity contribution in [2.45, 2.75) is 25.9 Å². The Morgan fingerprint density at radius 2 is 2.25 bits per heavy atom. The van der Waals surface area contributed by atoms with Crippen molar-refractivity contribution in [1.29, 1.82) is 0 Å². The van der Waals surface area contributed by atoms with Gasteiger partial charge in [0.1, 0.15) is 0 Å². The van der Waals surface area contributed by atoms with Gasteiger partial charge in [-0.2, -0.15) is 13.8 Å². The Hall–Kier alpha value is -2.22. The van der Waals surface area contributed by atoms with E-state index in [1.54, 1.807) is 12.1 Å². The van der Waals surface area contributed by atoms with E-state index in [1.165, 1.54) is 19.6 Å². The number of nitrogens with zero attached hydrogens (tertiary/aromatic N) is 2. The Morgan fingerprint density at radius 3 is 2.96 bits per heavy atom. The molecule has 0 bridgehead atoms. The second-order valence-corrected chi connectivity index (χ2v) is 5.65. The fourth-order valence-electron chi connectivity index (χ4n) is 2.76. The van der Waals surface area contributed by atoms with Crippen molar-refractivity contribution in [2.75, 3.05) is 20.2 Å². The largest absolute Gasteiger partial charge is 0.493 e. The highest BCUT2D eigenvalue weighted by atomic mass is 19.3. The van der Waals surface area contributed by atoms with Gasteiger partial charge in [-0.05, 0) is 50.0 Å². The van der Waals surface area contributed by atoms with Crippen LogP contribution in [0.3, 0.4) is 0 Å². The summed E-state index contributed by atoms with van der Waals surface area (Å²) in [6, 6.07) is 4.55. The number of hydrogen-bond donors (Lipinski definition) is 1. The molecule has 1 aromatic heterocycles. The Kier molecular flexibility index (Phi) is 5.24. The van der Waals surface area contributed by atoms with Crippen LogP contribution < -0.4 is 14.8 Å². The van der Waals surface area contributed by atoms with E-state index in [-0.39, 0.29) is 11.5 Å². The average molecular weight is 339 g/mol. The minimum Gasteiger partial charge on any atom is -0.493 e. The molecule has 3 rings (SSSR count). The predicted octanol–water partition coefficient (Wildman–Crippen LogP) is 2.89. The molecule has 2 heterocycles. The third kappa shape index (κ3) is 4.00. The van der Waals surface area contributed by atoms with Crippen LogP contribution in [-0.4, -0.2) is 37.0 Å². The van der Waals surface area contributed by atoms with E-state index in [1.807, 2.05) is 0 Å². The molecule has 0 radical (unpaired) electrons. The van der Waals surface area contributed by atoms with Crippen molar-refractivity contribution >= 4 is 0 Å². The normalized spacial score (nSPS) is 17.4. The summed E-state index contributed by atoms with van der Waals surface area (Å²) in [5, 5.41) is 7.28. The van der Waals surface area contributed by atoms with E-state index in [0.29, 0.717) is 23.2 Å². The Balaban J connectivity index is 1.69. The van der Waals surface area contributed by atoms with E-state index >= 15 is 0 Å². The highest BCUT2D eigenvalue weighted by Gasteiger charge is 2.17. The van der Waals surface area contributed by atoms with E-state index in [9.17, 15) is 8.78 Å². The van der Waals surface area contributed by atoms with Crippen LogP contribution in [0.1, 0.15) is 18.7 Å². The maximum atomic E-state index is 12.4. The minimum atomic E-state index is -2.91. The molecule has 1 saturated heterocycles. The van der Waals surface area contributed by atoms with E-state index < -0.39 is 6.61 Å². The first kappa shape index (κ1) is 16.6. The van der Waals surface area contributed by atoms with Gasteiger partial charge in [0.15, 0.2) is 11.5 Å². The summed E-state index contributed by atoms with van der Waals surface area (Å²) in [4.78, 5) is 4.36. The number of aromatic nitrogens is 2. The zero-order chi connectivity index (χ0) is 16.9. The number of hydrogen-bond acceptors (Lipinski definition) is 6. The molecule has 1 aliphatic rings. The fourth-order valence-corrected chi connectivity index (χ4v) is 2.76. The quantitative estimate of drug-likeness (QED) is 0.836. The van der Waals surface area contributed by atoms with Crippen LogP contribution in [0, 0.1) is 5.92 Å². The SMILES string of the molecule is COc1cc(-c2noc(CCC3CCNC3)n2)ccc1OC(F)F. The van der Waals surface area contributed by atoms with E-state index in [4.69, 9.17) is 9.26 Å². The number of nitrogens with one attached hydrogen (secondary N) is 1. The zero-order valence-electron chi connectivity index (χ0n) is 13.3. The van der Waals surface area contributed by atoms with Gasteiger partial charge in [0.2, 0.25) is 11.7 Å². The van der Waals surface area contributed by atoms with Gasteiger partial charge >= 0.3 is 6.61 Å². The lowest BCUT2D eigenvalue weighted by Crippen LogP contribution is -2.09. The molecule has 1 N–H and O–H groups in total. The molecule has 1 aliphatic heterocycles. The molecule has 8 heteroatoms. The van der Waals surface area contributed by atoms with Gasteiger partial charge in [-0.25, -0.2) is 0 Å². The van der Waals surface area contributed by atoms with Crippen molar-refractivity contribution in [3.63, 3.8) is 0 Å². The topological polar surface area (TPSA) is 69.4 Å². The average Bonchev–Trinajstić information content (AvgIpc) is 3.24. The monoisotopic (exact) mass is 339 g/mol. The highest BCUT2D eigenvalue weighted by Crippen LogP contribution is 2.32. The summed E-state index contributed by atoms with van der Waals surface area (Å²) in [6.45, 7) is -0.817. The lowest BCUT2D eigenvalue weighted by atomic mass is 10.0. The molecule has 0 saturated carbocycles. The Morgan fingerprint density at radius 1 is 1.38 bits per heavy atom. The maximum Gasteiger partial charge on any atom is 0.387 e. The van der Waals surface area contributed by atoms with Crippen LogP contribution in [0.15, 0.2) is 22.7 Å². The van der Waals surface area contributed by atoms with Crippen LogP contribution in [0.4, 0.5) is 8.78 Å². The van der Waals surface area contributed by atoms with Gasteiger partial charge < -0.3 is 19.3 Å². The van der Waals surface area contributed by atoms with Gasteiger partial charge in [0.05, 0.1) is 7.11 Å². The molecular formula is C16H19F2N3O3. The second kappa shape index (κ2) is 7.57. The number of aryl methyl sites for hydroxylation is 1. The van der Waals surface area contributed by atoms with Crippen molar-refractivity contribution in [2.24, 2.45) is 5.92 Å². The lowest BCUT2D eigenvalue weighted by Gasteiger charge is -2.10. The number of alkyl halides is 2. The molecule has 0 amide bonds. The molecule has 0 spiro atoms. The summed E-state index contributed by atoms with van der Waals surface area (Å²) in [5.41, 5.74) is 0.617. The Bertz CT molecular complexity index is 672. The van der Waals surface area contributed by atoms with Crippen molar-refractivity contribution < 1.29 is 22.8 Å². The smallest absolute Gasteiger partial charge is 0.387 e. The third-order valence-corrected chi connectivity index (χ3v) is 4.03. The summed E-state index contributed by atoms with van der Waals surface area (Å²) in [5.74, 6) is 1.77. The highest BCUT2D eigenvalue weighted by molar-refractivity contribution is 5.60. The van der Waals surface area contributed by atoms with Gasteiger partial charge in [-0.3, -0.25) is 0 Å². The first-order valence-corrected chi connectivity index (χ1v) is 7.82. The first-order valence-electron chi connectivity index (χ1n) is 7.82. The third-order valence-electron chi connectivity index (χ3n) is 4.03. The summed E-state index contributed by atoms with van der Waals surface area (Å²) in [7, 11) is 1.38. The van der Waals surface area contributed by atoms with Gasteiger partial charge in [0.25, 0.3) is 0 Å². The maximum absolute atomic E-state index is 12.4. The predicted molar refractivity (Wildman–Crippen MR) is 82.2 cm³/mol. The number of ether oxygens (including phenoxy) is 2. The minimum absolute atomic E-state index is 0.0336. The number of methoxy groups -OCH3 is 1. The number of benzene rings is 1. The van der Waals surface area contributed by atoms with Gasteiger partial charge in [-0.1, -0.05) is 5.16 Å². The van der Waals surface area contributed by atoms with Crippen LogP contribution in [0.25, 0.3) is 11.4 Å². The molecule has 1 atom stereocenters. The zero-order valence-corrected chi connectivity index (χ0v) is 13.3. The van der Waals surface area contributed by atoms with Crippen LogP contribution >= 0.6 is 0 Å². The molecule has 1 aromatic carbocycles. The number of rotatable bonds is 7. The molecule has 130 valence electrons. The van der Waals surface area contributed by atoms with Crippen molar-refractivity contribution in [3.8, 4) is 22.9 Å². The van der Waals surface area contributed by atoms with Crippen LogP contribution in [0.5, 0.6) is 11.5 Å². The second-order valence-electron chi connectivity index (χ2n) is 5.65. The van der Waals surface area contributed by atoms with Crippen molar-refractivity contribution in [3.05, 3.63) is 24.1 Å². The molecule has 6 nitrogen and oxygen atoms in total. The molecule has 24 heavy (non-hydrogen) atoms. The summed E-state index contributed by atoms with van der Waals surface area (Å²) < 4.78 is 39.5. The van der Waals surface area contributed by atoms with Crippen LogP contribution in [0.2, 0.25) is 0 Å². The van der Waals surface area contributed by atoms with E-state index in [2.05, 4.69) is 20.2 Å².